The lowest BCUT2D eigenvalue weighted by Crippen LogP contribution is -2.39. The molecule has 0 unspecified atom stereocenters. The summed E-state index contributed by atoms with van der Waals surface area (Å²) in [7, 11) is 0. The largest absolute Gasteiger partial charge is 0.395 e. The molecule has 23 heavy (non-hydrogen) atoms. The Hall–Kier alpha value is -1.62. The second kappa shape index (κ2) is 12.9. The Labute approximate surface area is 139 Å². The number of ether oxygens (including phenoxy) is 2. The van der Waals surface area contributed by atoms with Gasteiger partial charge in [-0.1, -0.05) is 71.4 Å². The first-order valence-electron chi connectivity index (χ1n) is 8.40. The van der Waals surface area contributed by atoms with Gasteiger partial charge in [-0.25, -0.2) is 9.59 Å². The number of unbranched alkanes of at least 4 members (excludes halogenated alkanes) is 8. The predicted molar refractivity (Wildman–Crippen MR) is 89.4 cm³/mol. The van der Waals surface area contributed by atoms with Gasteiger partial charge in [0.1, 0.15) is 0 Å². The highest BCUT2D eigenvalue weighted by molar-refractivity contribution is 5.83. The van der Waals surface area contributed by atoms with Crippen LogP contribution in [0.2, 0.25) is 0 Å². The molecule has 0 bridgehead atoms. The number of carbonyl (C=O) groups is 2. The Bertz CT molecular complexity index is 354. The average molecular weight is 326 g/mol. The van der Waals surface area contributed by atoms with Crippen LogP contribution in [-0.2, 0) is 19.1 Å². The molecule has 0 spiro atoms. The Morgan fingerprint density at radius 3 is 1.65 bits per heavy atom. The molecular weight excluding hydrogens is 296 g/mol. The molecule has 0 fully saturated rings. The Morgan fingerprint density at radius 1 is 0.870 bits per heavy atom. The summed E-state index contributed by atoms with van der Waals surface area (Å²) in [6.45, 7) is 8.69. The van der Waals surface area contributed by atoms with E-state index in [1.54, 1.807) is 0 Å². The van der Waals surface area contributed by atoms with Gasteiger partial charge in [0.25, 0.3) is 0 Å². The van der Waals surface area contributed by atoms with Gasteiger partial charge in [-0.15, -0.1) is 0 Å². The van der Waals surface area contributed by atoms with E-state index in [4.69, 9.17) is 9.47 Å². The fourth-order valence-corrected chi connectivity index (χ4v) is 2.18. The normalized spacial score (nSPS) is 10.9. The molecule has 0 aliphatic carbocycles. The zero-order valence-electron chi connectivity index (χ0n) is 14.2. The monoisotopic (exact) mass is 326 g/mol. The lowest BCUT2D eigenvalue weighted by atomic mass is 10.1. The number of carbonyl (C=O) groups excluding carboxylic acids is 2. The molecule has 0 amide bonds. The zero-order chi connectivity index (χ0) is 17.6. The molecule has 0 saturated carbocycles. The molecule has 0 aliphatic rings. The van der Waals surface area contributed by atoms with Crippen molar-refractivity contribution in [2.24, 2.45) is 0 Å². The van der Waals surface area contributed by atoms with E-state index in [1.165, 1.54) is 32.1 Å². The first kappa shape index (κ1) is 21.4. The average Bonchev–Trinajstić information content (AvgIpc) is 2.52. The van der Waals surface area contributed by atoms with Crippen LogP contribution in [0, 0.1) is 0 Å². The van der Waals surface area contributed by atoms with Crippen LogP contribution in [-0.4, -0.2) is 23.0 Å². The summed E-state index contributed by atoms with van der Waals surface area (Å²) in [5.74, 6) is -3.95. The molecule has 0 saturated heterocycles. The van der Waals surface area contributed by atoms with Crippen LogP contribution < -0.4 is 0 Å². The highest BCUT2D eigenvalue weighted by Crippen LogP contribution is 2.20. The third-order valence-electron chi connectivity index (χ3n) is 3.45. The fourth-order valence-electron chi connectivity index (χ4n) is 2.18. The van der Waals surface area contributed by atoms with Crippen molar-refractivity contribution >= 4 is 11.9 Å². The summed E-state index contributed by atoms with van der Waals surface area (Å²) in [6.07, 6.45) is 11.7. The van der Waals surface area contributed by atoms with Crippen LogP contribution in [0.25, 0.3) is 0 Å². The van der Waals surface area contributed by atoms with Gasteiger partial charge < -0.3 is 14.6 Å². The molecular formula is C18H30O5. The van der Waals surface area contributed by atoms with E-state index < -0.39 is 17.9 Å². The summed E-state index contributed by atoms with van der Waals surface area (Å²) in [4.78, 5) is 22.5. The van der Waals surface area contributed by atoms with Crippen molar-refractivity contribution in [1.82, 2.24) is 0 Å². The van der Waals surface area contributed by atoms with Gasteiger partial charge in [-0.3, -0.25) is 0 Å². The SMILES string of the molecule is C=CC(=O)OC(O)(CCCCCCCCCCC)OC(=O)C=C. The van der Waals surface area contributed by atoms with Crippen molar-refractivity contribution in [3.05, 3.63) is 25.3 Å². The van der Waals surface area contributed by atoms with E-state index in [1.807, 2.05) is 0 Å². The van der Waals surface area contributed by atoms with Crippen LogP contribution >= 0.6 is 0 Å². The van der Waals surface area contributed by atoms with Gasteiger partial charge in [0.2, 0.25) is 0 Å². The third kappa shape index (κ3) is 11.6. The van der Waals surface area contributed by atoms with Crippen molar-refractivity contribution < 1.29 is 24.2 Å². The molecule has 5 nitrogen and oxygen atoms in total. The minimum Gasteiger partial charge on any atom is -0.395 e. The summed E-state index contributed by atoms with van der Waals surface area (Å²) in [5, 5.41) is 10.1. The number of esters is 2. The molecule has 0 rings (SSSR count). The van der Waals surface area contributed by atoms with Crippen LogP contribution in [0.15, 0.2) is 25.3 Å². The Balaban J connectivity index is 4.04. The third-order valence-corrected chi connectivity index (χ3v) is 3.45. The number of aliphatic hydroxyl groups is 1. The molecule has 0 radical (unpaired) electrons. The minimum atomic E-state index is -2.25. The highest BCUT2D eigenvalue weighted by atomic mass is 16.8. The fraction of sp³-hybridized carbons (Fsp3) is 0.667. The van der Waals surface area contributed by atoms with E-state index >= 15 is 0 Å². The maximum absolute atomic E-state index is 11.2. The highest BCUT2D eigenvalue weighted by Gasteiger charge is 2.34. The Kier molecular flexibility index (Phi) is 12.0. The lowest BCUT2D eigenvalue weighted by molar-refractivity contribution is -0.324. The number of hydrogen-bond acceptors (Lipinski definition) is 5. The van der Waals surface area contributed by atoms with Crippen LogP contribution in [0.1, 0.15) is 71.1 Å². The van der Waals surface area contributed by atoms with E-state index in [-0.39, 0.29) is 6.42 Å². The summed E-state index contributed by atoms with van der Waals surface area (Å²) >= 11 is 0. The van der Waals surface area contributed by atoms with Crippen LogP contribution in [0.3, 0.4) is 0 Å². The zero-order valence-corrected chi connectivity index (χ0v) is 14.2. The maximum Gasteiger partial charge on any atom is 0.373 e. The van der Waals surface area contributed by atoms with Crippen molar-refractivity contribution in [1.29, 1.82) is 0 Å². The molecule has 0 aromatic carbocycles. The van der Waals surface area contributed by atoms with Crippen molar-refractivity contribution in [2.75, 3.05) is 0 Å². The number of hydrogen-bond donors (Lipinski definition) is 1. The van der Waals surface area contributed by atoms with Gasteiger partial charge in [-0.2, -0.15) is 0 Å². The number of rotatable bonds is 14. The predicted octanol–water partition coefficient (Wildman–Crippen LogP) is 4.01. The Morgan fingerprint density at radius 2 is 1.26 bits per heavy atom. The molecule has 0 aliphatic heterocycles. The van der Waals surface area contributed by atoms with Crippen molar-refractivity contribution in [3.8, 4) is 0 Å². The summed E-state index contributed by atoms with van der Waals surface area (Å²) in [6, 6.07) is 0. The molecule has 132 valence electrons. The van der Waals surface area contributed by atoms with Gasteiger partial charge in [0.15, 0.2) is 0 Å². The van der Waals surface area contributed by atoms with Gasteiger partial charge in [0.05, 0.1) is 6.42 Å². The van der Waals surface area contributed by atoms with Crippen LogP contribution in [0.4, 0.5) is 0 Å². The summed E-state index contributed by atoms with van der Waals surface area (Å²) < 4.78 is 9.48. The van der Waals surface area contributed by atoms with Crippen molar-refractivity contribution in [2.45, 2.75) is 77.1 Å². The second-order valence-electron chi connectivity index (χ2n) is 5.54. The second-order valence-corrected chi connectivity index (χ2v) is 5.54. The van der Waals surface area contributed by atoms with E-state index in [0.717, 1.165) is 31.4 Å². The standard InChI is InChI=1S/C18H30O5/c1-4-7-8-9-10-11-12-13-14-15-18(21,22-16(19)5-2)23-17(20)6-3/h5-6,21H,2-4,7-15H2,1H3. The molecule has 0 atom stereocenters. The van der Waals surface area contributed by atoms with Gasteiger partial charge in [0, 0.05) is 12.2 Å². The van der Waals surface area contributed by atoms with E-state index in [2.05, 4.69) is 20.1 Å². The van der Waals surface area contributed by atoms with Gasteiger partial charge in [-0.05, 0) is 6.42 Å². The summed E-state index contributed by atoms with van der Waals surface area (Å²) in [5.41, 5.74) is 0. The van der Waals surface area contributed by atoms with Crippen molar-refractivity contribution in [3.63, 3.8) is 0 Å². The smallest absolute Gasteiger partial charge is 0.373 e. The van der Waals surface area contributed by atoms with E-state index in [0.29, 0.717) is 6.42 Å². The molecule has 5 heteroatoms. The molecule has 0 heterocycles. The van der Waals surface area contributed by atoms with Crippen LogP contribution in [0.5, 0.6) is 0 Å². The first-order valence-corrected chi connectivity index (χ1v) is 8.40. The molecule has 0 aromatic heterocycles. The minimum absolute atomic E-state index is 0.0298. The molecule has 1 N–H and O–H groups in total. The molecule has 0 aromatic rings. The quantitative estimate of drug-likeness (QED) is 0.226. The topological polar surface area (TPSA) is 72.8 Å². The maximum atomic E-state index is 11.2. The first-order chi connectivity index (χ1) is 11.0. The van der Waals surface area contributed by atoms with E-state index in [9.17, 15) is 14.7 Å². The lowest BCUT2D eigenvalue weighted by Gasteiger charge is -2.25. The van der Waals surface area contributed by atoms with Gasteiger partial charge >= 0.3 is 17.9 Å².